The number of rotatable bonds is 13. The summed E-state index contributed by atoms with van der Waals surface area (Å²) in [5.74, 6) is -3.70. The van der Waals surface area contributed by atoms with Crippen LogP contribution >= 0.6 is 0 Å². The van der Waals surface area contributed by atoms with Crippen LogP contribution in [0.1, 0.15) is 24.0 Å². The molecule has 0 aliphatic rings. The van der Waals surface area contributed by atoms with E-state index < -0.39 is 23.8 Å². The van der Waals surface area contributed by atoms with Crippen LogP contribution in [0.25, 0.3) is 22.3 Å². The summed E-state index contributed by atoms with van der Waals surface area (Å²) in [6.45, 7) is -0.00367. The Labute approximate surface area is 234 Å². The Kier molecular flexibility index (Phi) is 9.83. The molecule has 0 unspecified atom stereocenters. The zero-order valence-corrected chi connectivity index (χ0v) is 22.2. The van der Waals surface area contributed by atoms with Crippen LogP contribution in [0.2, 0.25) is 0 Å². The quantitative estimate of drug-likeness (QED) is 0.192. The van der Waals surface area contributed by atoms with Crippen molar-refractivity contribution < 1.29 is 24.6 Å². The van der Waals surface area contributed by atoms with Gasteiger partial charge in [-0.1, -0.05) is 109 Å². The standard InChI is InChI=1S/C34H33NO5/c36-32(37)19-20-35-33(38)30(21-24-11-15-28(16-12-24)26-7-3-1-4-8-26)23-31(34(39)40)22-25-13-17-29(18-14-25)27-9-5-2-6-10-27/h1-18,30-31H,19-23H2,(H,35,38)(H,36,37)(H,39,40)/t30-,31-/m1/s1. The van der Waals surface area contributed by atoms with Crippen LogP contribution in [0.4, 0.5) is 0 Å². The first-order valence-electron chi connectivity index (χ1n) is 13.4. The molecule has 2 atom stereocenters. The van der Waals surface area contributed by atoms with Crippen molar-refractivity contribution in [2.45, 2.75) is 25.7 Å². The summed E-state index contributed by atoms with van der Waals surface area (Å²) in [6.07, 6.45) is 0.580. The maximum absolute atomic E-state index is 13.1. The van der Waals surface area contributed by atoms with Crippen molar-refractivity contribution in [1.82, 2.24) is 5.32 Å². The lowest BCUT2D eigenvalue weighted by Gasteiger charge is -2.21. The van der Waals surface area contributed by atoms with Gasteiger partial charge >= 0.3 is 11.9 Å². The number of carboxylic acids is 2. The molecule has 0 fully saturated rings. The Morgan fingerprint density at radius 2 is 1.00 bits per heavy atom. The number of amides is 1. The van der Waals surface area contributed by atoms with Crippen LogP contribution in [0.3, 0.4) is 0 Å². The van der Waals surface area contributed by atoms with Gasteiger partial charge in [-0.05, 0) is 52.6 Å². The zero-order valence-electron chi connectivity index (χ0n) is 22.2. The highest BCUT2D eigenvalue weighted by atomic mass is 16.4. The lowest BCUT2D eigenvalue weighted by molar-refractivity contribution is -0.142. The van der Waals surface area contributed by atoms with E-state index in [1.54, 1.807) is 0 Å². The minimum Gasteiger partial charge on any atom is -0.481 e. The number of hydrogen-bond donors (Lipinski definition) is 3. The largest absolute Gasteiger partial charge is 0.481 e. The van der Waals surface area contributed by atoms with Crippen molar-refractivity contribution >= 4 is 17.8 Å². The normalized spacial score (nSPS) is 12.3. The minimum absolute atomic E-state index is 0.00367. The molecular weight excluding hydrogens is 502 g/mol. The van der Waals surface area contributed by atoms with Gasteiger partial charge in [-0.15, -0.1) is 0 Å². The van der Waals surface area contributed by atoms with E-state index in [0.29, 0.717) is 6.42 Å². The zero-order chi connectivity index (χ0) is 28.3. The van der Waals surface area contributed by atoms with Crippen molar-refractivity contribution in [2.24, 2.45) is 11.8 Å². The van der Waals surface area contributed by atoms with Gasteiger partial charge in [-0.3, -0.25) is 14.4 Å². The second kappa shape index (κ2) is 13.9. The fourth-order valence-corrected chi connectivity index (χ4v) is 4.83. The van der Waals surface area contributed by atoms with Gasteiger partial charge in [0.2, 0.25) is 5.91 Å². The summed E-state index contributed by atoms with van der Waals surface area (Å²) in [5, 5.41) is 21.7. The first kappa shape index (κ1) is 28.3. The molecule has 4 aromatic rings. The fraction of sp³-hybridized carbons (Fsp3) is 0.206. The van der Waals surface area contributed by atoms with Crippen LogP contribution in [0, 0.1) is 11.8 Å². The molecule has 0 aliphatic heterocycles. The molecule has 4 aromatic carbocycles. The van der Waals surface area contributed by atoms with Gasteiger partial charge in [-0.25, -0.2) is 0 Å². The number of carboxylic acid groups (broad SMARTS) is 2. The summed E-state index contributed by atoms with van der Waals surface area (Å²) < 4.78 is 0. The molecule has 0 radical (unpaired) electrons. The first-order chi connectivity index (χ1) is 19.4. The lowest BCUT2D eigenvalue weighted by atomic mass is 9.85. The van der Waals surface area contributed by atoms with Crippen molar-refractivity contribution in [2.75, 3.05) is 6.54 Å². The average molecular weight is 536 g/mol. The van der Waals surface area contributed by atoms with E-state index >= 15 is 0 Å². The molecule has 6 nitrogen and oxygen atoms in total. The number of carbonyl (C=O) groups excluding carboxylic acids is 1. The van der Waals surface area contributed by atoms with E-state index in [0.717, 1.165) is 33.4 Å². The number of carbonyl (C=O) groups is 3. The molecule has 40 heavy (non-hydrogen) atoms. The SMILES string of the molecule is O=C(O)CCNC(=O)[C@H](Cc1ccc(-c2ccccc2)cc1)C[C@@H](Cc1ccc(-c2ccccc2)cc1)C(=O)O. The summed E-state index contributed by atoms with van der Waals surface area (Å²) >= 11 is 0. The molecule has 0 spiro atoms. The third kappa shape index (κ3) is 8.14. The molecule has 0 saturated carbocycles. The molecule has 0 bridgehead atoms. The van der Waals surface area contributed by atoms with E-state index in [9.17, 15) is 19.5 Å². The van der Waals surface area contributed by atoms with Crippen molar-refractivity contribution in [3.63, 3.8) is 0 Å². The van der Waals surface area contributed by atoms with Crippen molar-refractivity contribution in [3.05, 3.63) is 120 Å². The molecule has 0 saturated heterocycles. The van der Waals surface area contributed by atoms with Crippen LogP contribution in [0.15, 0.2) is 109 Å². The van der Waals surface area contributed by atoms with Gasteiger partial charge in [0, 0.05) is 12.5 Å². The van der Waals surface area contributed by atoms with Crippen LogP contribution in [-0.2, 0) is 27.2 Å². The molecule has 204 valence electrons. The predicted octanol–water partition coefficient (Wildman–Crippen LogP) is 6.10. The maximum atomic E-state index is 13.1. The van der Waals surface area contributed by atoms with Gasteiger partial charge in [0.25, 0.3) is 0 Å². The Morgan fingerprint density at radius 1 is 0.575 bits per heavy atom. The fourth-order valence-electron chi connectivity index (χ4n) is 4.83. The number of benzene rings is 4. The second-order valence-electron chi connectivity index (χ2n) is 9.94. The Bertz CT molecular complexity index is 1400. The molecule has 0 heterocycles. The average Bonchev–Trinajstić information content (AvgIpc) is 2.97. The number of aliphatic carboxylic acids is 2. The van der Waals surface area contributed by atoms with Crippen molar-refractivity contribution in [1.29, 1.82) is 0 Å². The van der Waals surface area contributed by atoms with Gasteiger partial charge in [0.15, 0.2) is 0 Å². The van der Waals surface area contributed by atoms with E-state index in [1.165, 1.54) is 0 Å². The van der Waals surface area contributed by atoms with Crippen LogP contribution in [-0.4, -0.2) is 34.6 Å². The highest BCUT2D eigenvalue weighted by Gasteiger charge is 2.28. The smallest absolute Gasteiger partial charge is 0.306 e. The van der Waals surface area contributed by atoms with Gasteiger partial charge in [0.05, 0.1) is 12.3 Å². The molecule has 1 amide bonds. The summed E-state index contributed by atoms with van der Waals surface area (Å²) in [6, 6.07) is 35.6. The molecule has 0 aromatic heterocycles. The van der Waals surface area contributed by atoms with Crippen LogP contribution in [0.5, 0.6) is 0 Å². The maximum Gasteiger partial charge on any atom is 0.306 e. The summed E-state index contributed by atoms with van der Waals surface area (Å²) in [4.78, 5) is 36.4. The summed E-state index contributed by atoms with van der Waals surface area (Å²) in [7, 11) is 0. The van der Waals surface area contributed by atoms with Gasteiger partial charge in [-0.2, -0.15) is 0 Å². The molecule has 4 rings (SSSR count). The molecule has 6 heteroatoms. The second-order valence-corrected chi connectivity index (χ2v) is 9.94. The van der Waals surface area contributed by atoms with E-state index in [4.69, 9.17) is 5.11 Å². The molecular formula is C34H33NO5. The highest BCUT2D eigenvalue weighted by molar-refractivity contribution is 5.81. The topological polar surface area (TPSA) is 104 Å². The van der Waals surface area contributed by atoms with E-state index in [1.807, 2.05) is 109 Å². The highest BCUT2D eigenvalue weighted by Crippen LogP contribution is 2.26. The van der Waals surface area contributed by atoms with Crippen molar-refractivity contribution in [3.8, 4) is 22.3 Å². The minimum atomic E-state index is -1.00. The third-order valence-corrected chi connectivity index (χ3v) is 7.01. The van der Waals surface area contributed by atoms with Crippen LogP contribution < -0.4 is 5.32 Å². The molecule has 0 aliphatic carbocycles. The van der Waals surface area contributed by atoms with Gasteiger partial charge in [0.1, 0.15) is 0 Å². The number of nitrogens with one attached hydrogen (secondary N) is 1. The Balaban J connectivity index is 1.49. The van der Waals surface area contributed by atoms with E-state index in [2.05, 4.69) is 5.32 Å². The predicted molar refractivity (Wildman–Crippen MR) is 156 cm³/mol. The van der Waals surface area contributed by atoms with Gasteiger partial charge < -0.3 is 15.5 Å². The molecule has 3 N–H and O–H groups in total. The Morgan fingerprint density at radius 3 is 1.43 bits per heavy atom. The summed E-state index contributed by atoms with van der Waals surface area (Å²) in [5.41, 5.74) is 6.06. The van der Waals surface area contributed by atoms with E-state index in [-0.39, 0.29) is 31.7 Å². The Hall–Kier alpha value is -4.71. The lowest BCUT2D eigenvalue weighted by Crippen LogP contribution is -2.36. The monoisotopic (exact) mass is 535 g/mol. The third-order valence-electron chi connectivity index (χ3n) is 7.01. The number of hydrogen-bond acceptors (Lipinski definition) is 3. The first-order valence-corrected chi connectivity index (χ1v) is 13.4.